The Hall–Kier alpha value is -0.590. The average Bonchev–Trinajstić information content (AvgIpc) is 2.42. The van der Waals surface area contributed by atoms with Gasteiger partial charge in [0.1, 0.15) is 11.5 Å². The second kappa shape index (κ2) is 6.72. The zero-order chi connectivity index (χ0) is 13.8. The van der Waals surface area contributed by atoms with Gasteiger partial charge in [-0.1, -0.05) is 6.07 Å². The van der Waals surface area contributed by atoms with Crippen LogP contribution < -0.4 is 10.1 Å². The molecule has 0 radical (unpaired) electrons. The van der Waals surface area contributed by atoms with Crippen molar-refractivity contribution in [3.63, 3.8) is 0 Å². The van der Waals surface area contributed by atoms with Crippen LogP contribution in [0.4, 0.5) is 0 Å². The predicted molar refractivity (Wildman–Crippen MR) is 90.8 cm³/mol. The Morgan fingerprint density at radius 3 is 2.42 bits per heavy atom. The molecule has 2 rings (SSSR count). The summed E-state index contributed by atoms with van der Waals surface area (Å²) >= 11 is 5.84. The van der Waals surface area contributed by atoms with Gasteiger partial charge in [0.25, 0.3) is 0 Å². The Kier molecular flexibility index (Phi) is 5.24. The zero-order valence-corrected chi connectivity index (χ0v) is 14.5. The highest BCUT2D eigenvalue weighted by Crippen LogP contribution is 2.32. The fourth-order valence-corrected chi connectivity index (χ4v) is 2.50. The lowest BCUT2D eigenvalue weighted by Crippen LogP contribution is -2.12. The number of nitrogens with one attached hydrogen (secondary N) is 1. The first kappa shape index (κ1) is 14.8. The van der Waals surface area contributed by atoms with Crippen LogP contribution in [0, 0.1) is 3.57 Å². The van der Waals surface area contributed by atoms with Gasteiger partial charge in [-0.3, -0.25) is 0 Å². The van der Waals surface area contributed by atoms with Gasteiger partial charge in [0.05, 0.1) is 4.47 Å². The Bertz CT molecular complexity index is 557. The maximum absolute atomic E-state index is 5.86. The van der Waals surface area contributed by atoms with E-state index in [1.807, 2.05) is 37.4 Å². The molecule has 0 spiro atoms. The second-order valence-electron chi connectivity index (χ2n) is 4.26. The van der Waals surface area contributed by atoms with Crippen molar-refractivity contribution in [2.45, 2.75) is 13.0 Å². The van der Waals surface area contributed by atoms with E-state index < -0.39 is 0 Å². The topological polar surface area (TPSA) is 21.3 Å². The molecule has 0 bridgehead atoms. The Balaban J connectivity index is 2.19. The van der Waals surface area contributed by atoms with Gasteiger partial charge in [-0.25, -0.2) is 0 Å². The molecule has 0 aromatic heterocycles. The summed E-state index contributed by atoms with van der Waals surface area (Å²) in [5, 5.41) is 3.22. The molecule has 0 aliphatic carbocycles. The van der Waals surface area contributed by atoms with Crippen LogP contribution in [0.1, 0.15) is 18.5 Å². The van der Waals surface area contributed by atoms with E-state index in [9.17, 15) is 0 Å². The lowest BCUT2D eigenvalue weighted by Gasteiger charge is -2.13. The summed E-state index contributed by atoms with van der Waals surface area (Å²) in [4.78, 5) is 0. The lowest BCUT2D eigenvalue weighted by molar-refractivity contribution is 0.479. The number of benzene rings is 2. The number of hydrogen-bond donors (Lipinski definition) is 1. The third-order valence-electron chi connectivity index (χ3n) is 2.93. The minimum atomic E-state index is 0.323. The van der Waals surface area contributed by atoms with Crippen molar-refractivity contribution in [2.75, 3.05) is 7.05 Å². The van der Waals surface area contributed by atoms with E-state index >= 15 is 0 Å². The van der Waals surface area contributed by atoms with Crippen molar-refractivity contribution in [1.82, 2.24) is 5.32 Å². The molecule has 2 aromatic rings. The third-order valence-corrected chi connectivity index (χ3v) is 4.27. The molecule has 0 heterocycles. The van der Waals surface area contributed by atoms with Gasteiger partial charge in [-0.2, -0.15) is 0 Å². The van der Waals surface area contributed by atoms with Gasteiger partial charge < -0.3 is 10.1 Å². The van der Waals surface area contributed by atoms with E-state index in [2.05, 4.69) is 62.9 Å². The van der Waals surface area contributed by atoms with Crippen LogP contribution in [0.25, 0.3) is 0 Å². The highest BCUT2D eigenvalue weighted by molar-refractivity contribution is 14.1. The molecule has 2 aromatic carbocycles. The van der Waals surface area contributed by atoms with E-state index in [4.69, 9.17) is 4.74 Å². The molecule has 19 heavy (non-hydrogen) atoms. The molecule has 0 aliphatic heterocycles. The molecule has 0 fully saturated rings. The van der Waals surface area contributed by atoms with Crippen molar-refractivity contribution in [2.24, 2.45) is 0 Å². The highest BCUT2D eigenvalue weighted by Gasteiger charge is 2.07. The number of rotatable bonds is 4. The van der Waals surface area contributed by atoms with Gasteiger partial charge in [-0.15, -0.1) is 0 Å². The van der Waals surface area contributed by atoms with Gasteiger partial charge in [0, 0.05) is 9.61 Å². The maximum Gasteiger partial charge on any atom is 0.141 e. The van der Waals surface area contributed by atoms with Crippen LogP contribution >= 0.6 is 38.5 Å². The summed E-state index contributed by atoms with van der Waals surface area (Å²) < 4.78 is 8.02. The Morgan fingerprint density at radius 1 is 1.16 bits per heavy atom. The van der Waals surface area contributed by atoms with Crippen LogP contribution in [-0.2, 0) is 0 Å². The molecule has 1 unspecified atom stereocenters. The summed E-state index contributed by atoms with van der Waals surface area (Å²) in [5.74, 6) is 1.67. The standard InChI is InChI=1S/C15H15BrINO/c1-10(18-2)11-3-8-15(14(16)9-11)19-13-6-4-12(17)5-7-13/h3-10,18H,1-2H3. The van der Waals surface area contributed by atoms with E-state index in [1.54, 1.807) is 0 Å². The first-order valence-corrected chi connectivity index (χ1v) is 7.87. The summed E-state index contributed by atoms with van der Waals surface area (Å²) in [6.07, 6.45) is 0. The zero-order valence-electron chi connectivity index (χ0n) is 10.8. The van der Waals surface area contributed by atoms with Gasteiger partial charge in [-0.05, 0) is 94.5 Å². The highest BCUT2D eigenvalue weighted by atomic mass is 127. The van der Waals surface area contributed by atoms with Crippen molar-refractivity contribution in [1.29, 1.82) is 0 Å². The number of hydrogen-bond acceptors (Lipinski definition) is 2. The first-order valence-electron chi connectivity index (χ1n) is 6.00. The van der Waals surface area contributed by atoms with Gasteiger partial charge in [0.2, 0.25) is 0 Å². The van der Waals surface area contributed by atoms with E-state index in [0.717, 1.165) is 16.0 Å². The van der Waals surface area contributed by atoms with Gasteiger partial charge in [0.15, 0.2) is 0 Å². The Labute approximate surface area is 135 Å². The maximum atomic E-state index is 5.86. The van der Waals surface area contributed by atoms with Crippen molar-refractivity contribution < 1.29 is 4.74 Å². The lowest BCUT2D eigenvalue weighted by atomic mass is 10.1. The van der Waals surface area contributed by atoms with E-state index in [1.165, 1.54) is 9.13 Å². The van der Waals surface area contributed by atoms with E-state index in [-0.39, 0.29) is 0 Å². The molecule has 0 saturated heterocycles. The fourth-order valence-electron chi connectivity index (χ4n) is 1.67. The molecule has 0 amide bonds. The minimum Gasteiger partial charge on any atom is -0.456 e. The summed E-state index contributed by atoms with van der Waals surface area (Å²) in [6, 6.07) is 14.5. The SMILES string of the molecule is CNC(C)c1ccc(Oc2ccc(I)cc2)c(Br)c1. The van der Waals surface area contributed by atoms with Crippen LogP contribution in [0.2, 0.25) is 0 Å². The number of halogens is 2. The molecular weight excluding hydrogens is 417 g/mol. The quantitative estimate of drug-likeness (QED) is 0.678. The molecule has 2 nitrogen and oxygen atoms in total. The first-order chi connectivity index (χ1) is 9.10. The monoisotopic (exact) mass is 431 g/mol. The predicted octanol–water partition coefficient (Wildman–Crippen LogP) is 5.13. The molecule has 0 aliphatic rings. The normalized spacial score (nSPS) is 12.2. The Morgan fingerprint density at radius 2 is 1.84 bits per heavy atom. The van der Waals surface area contributed by atoms with Crippen LogP contribution in [0.3, 0.4) is 0 Å². The smallest absolute Gasteiger partial charge is 0.141 e. The van der Waals surface area contributed by atoms with E-state index in [0.29, 0.717) is 6.04 Å². The van der Waals surface area contributed by atoms with Gasteiger partial charge >= 0.3 is 0 Å². The average molecular weight is 432 g/mol. The molecule has 1 N–H and O–H groups in total. The van der Waals surface area contributed by atoms with Crippen LogP contribution in [0.15, 0.2) is 46.9 Å². The largest absolute Gasteiger partial charge is 0.456 e. The molecule has 100 valence electrons. The number of ether oxygens (including phenoxy) is 1. The molecule has 0 saturated carbocycles. The summed E-state index contributed by atoms with van der Waals surface area (Å²) in [7, 11) is 1.95. The third kappa shape index (κ3) is 3.94. The van der Waals surface area contributed by atoms with Crippen LogP contribution in [0.5, 0.6) is 11.5 Å². The van der Waals surface area contributed by atoms with Crippen molar-refractivity contribution in [3.05, 3.63) is 56.1 Å². The fraction of sp³-hybridized carbons (Fsp3) is 0.200. The summed E-state index contributed by atoms with van der Waals surface area (Å²) in [6.45, 7) is 2.13. The minimum absolute atomic E-state index is 0.323. The molecule has 1 atom stereocenters. The summed E-state index contributed by atoms with van der Waals surface area (Å²) in [5.41, 5.74) is 1.23. The molecule has 4 heteroatoms. The second-order valence-corrected chi connectivity index (χ2v) is 6.36. The molecular formula is C15H15BrINO. The van der Waals surface area contributed by atoms with Crippen LogP contribution in [-0.4, -0.2) is 7.05 Å². The van der Waals surface area contributed by atoms with Crippen molar-refractivity contribution >= 4 is 38.5 Å². The van der Waals surface area contributed by atoms with Crippen molar-refractivity contribution in [3.8, 4) is 11.5 Å².